The molecule has 0 unspecified atom stereocenters. The first-order valence-corrected chi connectivity index (χ1v) is 8.41. The first-order chi connectivity index (χ1) is 11.9. The standard InChI is InChI=1S/C19H19Cl2NO3/c1-22(2)14-6-3-13(4-7-14)5-9-16(24)15-8-10-17(25-12-11-23)19(21)18(15)20/h3-10,23H,11-12H2,1-2H3. The molecular formula is C19H19Cl2NO3. The van der Waals surface area contributed by atoms with Crippen LogP contribution >= 0.6 is 23.2 Å². The highest BCUT2D eigenvalue weighted by atomic mass is 35.5. The second-order valence-corrected chi connectivity index (χ2v) is 6.25. The summed E-state index contributed by atoms with van der Waals surface area (Å²) in [6, 6.07) is 10.9. The SMILES string of the molecule is CN(C)c1ccc(C=CC(=O)c2ccc(OCCO)c(Cl)c2Cl)cc1. The molecule has 0 radical (unpaired) electrons. The van der Waals surface area contributed by atoms with Crippen LogP contribution in [-0.2, 0) is 0 Å². The lowest BCUT2D eigenvalue weighted by atomic mass is 10.1. The Bertz CT molecular complexity index is 771. The molecule has 0 aliphatic heterocycles. The molecule has 2 aromatic rings. The van der Waals surface area contributed by atoms with Crippen molar-refractivity contribution in [2.45, 2.75) is 0 Å². The maximum absolute atomic E-state index is 12.4. The van der Waals surface area contributed by atoms with Gasteiger partial charge in [-0.05, 0) is 35.9 Å². The van der Waals surface area contributed by atoms with Crippen molar-refractivity contribution in [1.29, 1.82) is 0 Å². The Kier molecular flexibility index (Phi) is 6.88. The maximum Gasteiger partial charge on any atom is 0.187 e. The zero-order chi connectivity index (χ0) is 18.4. The minimum atomic E-state index is -0.253. The van der Waals surface area contributed by atoms with E-state index in [0.717, 1.165) is 11.3 Å². The van der Waals surface area contributed by atoms with Crippen molar-refractivity contribution in [2.24, 2.45) is 0 Å². The highest BCUT2D eigenvalue weighted by Crippen LogP contribution is 2.35. The third kappa shape index (κ3) is 4.98. The molecule has 0 aliphatic carbocycles. The normalized spacial score (nSPS) is 10.9. The first-order valence-electron chi connectivity index (χ1n) is 7.65. The fraction of sp³-hybridized carbons (Fsp3) is 0.211. The van der Waals surface area contributed by atoms with Crippen molar-refractivity contribution in [3.63, 3.8) is 0 Å². The predicted molar refractivity (Wildman–Crippen MR) is 103 cm³/mol. The molecule has 0 heterocycles. The van der Waals surface area contributed by atoms with Crippen LogP contribution in [0, 0.1) is 0 Å². The number of carbonyl (C=O) groups is 1. The van der Waals surface area contributed by atoms with Crippen LogP contribution in [0.2, 0.25) is 10.0 Å². The van der Waals surface area contributed by atoms with Crippen LogP contribution in [0.5, 0.6) is 5.75 Å². The molecule has 0 fully saturated rings. The van der Waals surface area contributed by atoms with E-state index < -0.39 is 0 Å². The van der Waals surface area contributed by atoms with Gasteiger partial charge in [0.25, 0.3) is 0 Å². The summed E-state index contributed by atoms with van der Waals surface area (Å²) in [4.78, 5) is 14.4. The molecule has 0 aliphatic rings. The van der Waals surface area contributed by atoms with Gasteiger partial charge in [-0.15, -0.1) is 0 Å². The molecule has 0 atom stereocenters. The van der Waals surface area contributed by atoms with E-state index in [-0.39, 0.29) is 29.0 Å². The van der Waals surface area contributed by atoms with E-state index in [9.17, 15) is 4.79 Å². The zero-order valence-corrected chi connectivity index (χ0v) is 15.5. The largest absolute Gasteiger partial charge is 0.490 e. The molecule has 25 heavy (non-hydrogen) atoms. The number of carbonyl (C=O) groups excluding carboxylic acids is 1. The van der Waals surface area contributed by atoms with Crippen molar-refractivity contribution < 1.29 is 14.6 Å². The summed E-state index contributed by atoms with van der Waals surface area (Å²) in [6.07, 6.45) is 3.18. The molecule has 0 aromatic heterocycles. The molecule has 1 N–H and O–H groups in total. The summed E-state index contributed by atoms with van der Waals surface area (Å²) in [5.74, 6) is 0.0813. The maximum atomic E-state index is 12.4. The quantitative estimate of drug-likeness (QED) is 0.574. The van der Waals surface area contributed by atoms with Gasteiger partial charge in [0.15, 0.2) is 5.78 Å². The van der Waals surface area contributed by atoms with Crippen LogP contribution in [0.25, 0.3) is 6.08 Å². The zero-order valence-electron chi connectivity index (χ0n) is 14.0. The Labute approximate surface area is 157 Å². The van der Waals surface area contributed by atoms with Gasteiger partial charge in [-0.2, -0.15) is 0 Å². The van der Waals surface area contributed by atoms with Gasteiger partial charge in [0, 0.05) is 25.3 Å². The highest BCUT2D eigenvalue weighted by Gasteiger charge is 2.15. The van der Waals surface area contributed by atoms with Crippen LogP contribution < -0.4 is 9.64 Å². The van der Waals surface area contributed by atoms with E-state index in [4.69, 9.17) is 33.0 Å². The lowest BCUT2D eigenvalue weighted by Crippen LogP contribution is -2.07. The number of hydrogen-bond acceptors (Lipinski definition) is 4. The molecule has 0 bridgehead atoms. The van der Waals surface area contributed by atoms with Crippen molar-refractivity contribution >= 4 is 40.7 Å². The lowest BCUT2D eigenvalue weighted by Gasteiger charge is -2.11. The van der Waals surface area contributed by atoms with Gasteiger partial charge in [-0.3, -0.25) is 4.79 Å². The topological polar surface area (TPSA) is 49.8 Å². The van der Waals surface area contributed by atoms with E-state index in [2.05, 4.69) is 0 Å². The number of ketones is 1. The van der Waals surface area contributed by atoms with Gasteiger partial charge in [0.1, 0.15) is 17.4 Å². The van der Waals surface area contributed by atoms with E-state index in [1.807, 2.05) is 43.3 Å². The van der Waals surface area contributed by atoms with E-state index in [0.29, 0.717) is 11.3 Å². The molecular weight excluding hydrogens is 361 g/mol. The fourth-order valence-electron chi connectivity index (χ4n) is 2.13. The fourth-order valence-corrected chi connectivity index (χ4v) is 2.60. The summed E-state index contributed by atoms with van der Waals surface area (Å²) in [7, 11) is 3.93. The van der Waals surface area contributed by atoms with Gasteiger partial charge in [0.05, 0.1) is 11.6 Å². The minimum Gasteiger partial charge on any atom is -0.490 e. The first kappa shape index (κ1) is 19.3. The molecule has 0 spiro atoms. The number of benzene rings is 2. The number of anilines is 1. The van der Waals surface area contributed by atoms with Gasteiger partial charge >= 0.3 is 0 Å². The van der Waals surface area contributed by atoms with Gasteiger partial charge < -0.3 is 14.7 Å². The molecule has 6 heteroatoms. The number of ether oxygens (including phenoxy) is 1. The summed E-state index contributed by atoms with van der Waals surface area (Å²) in [5, 5.41) is 9.08. The number of halogens is 2. The van der Waals surface area contributed by atoms with E-state index >= 15 is 0 Å². The van der Waals surface area contributed by atoms with Crippen molar-refractivity contribution in [3.05, 3.63) is 63.6 Å². The van der Waals surface area contributed by atoms with Crippen molar-refractivity contribution in [3.8, 4) is 5.75 Å². The van der Waals surface area contributed by atoms with Crippen LogP contribution in [0.4, 0.5) is 5.69 Å². The van der Waals surface area contributed by atoms with Gasteiger partial charge in [-0.1, -0.05) is 41.4 Å². The predicted octanol–water partition coefficient (Wildman–Crippen LogP) is 4.33. The Morgan fingerprint density at radius 1 is 1.12 bits per heavy atom. The number of aliphatic hydroxyl groups excluding tert-OH is 1. The van der Waals surface area contributed by atoms with Crippen molar-refractivity contribution in [2.75, 3.05) is 32.2 Å². The Hall–Kier alpha value is -2.01. The number of rotatable bonds is 7. The molecule has 2 aromatic carbocycles. The third-order valence-corrected chi connectivity index (χ3v) is 4.36. The third-order valence-electron chi connectivity index (χ3n) is 3.50. The Morgan fingerprint density at radius 2 is 1.80 bits per heavy atom. The number of hydrogen-bond donors (Lipinski definition) is 1. The van der Waals surface area contributed by atoms with Crippen molar-refractivity contribution in [1.82, 2.24) is 0 Å². The van der Waals surface area contributed by atoms with Crippen LogP contribution in [0.3, 0.4) is 0 Å². The molecule has 4 nitrogen and oxygen atoms in total. The van der Waals surface area contributed by atoms with E-state index in [1.54, 1.807) is 18.2 Å². The lowest BCUT2D eigenvalue weighted by molar-refractivity contribution is 0.104. The average Bonchev–Trinajstić information content (AvgIpc) is 2.61. The minimum absolute atomic E-state index is 0.103. The van der Waals surface area contributed by atoms with Crippen LogP contribution in [0.15, 0.2) is 42.5 Å². The summed E-state index contributed by atoms with van der Waals surface area (Å²) in [5.41, 5.74) is 2.28. The van der Waals surface area contributed by atoms with Crippen LogP contribution in [0.1, 0.15) is 15.9 Å². The van der Waals surface area contributed by atoms with Crippen LogP contribution in [-0.4, -0.2) is 38.2 Å². The second-order valence-electron chi connectivity index (χ2n) is 5.49. The number of nitrogens with zero attached hydrogens (tertiary/aromatic N) is 1. The Balaban J connectivity index is 2.16. The molecule has 0 amide bonds. The molecule has 0 saturated carbocycles. The smallest absolute Gasteiger partial charge is 0.187 e. The van der Waals surface area contributed by atoms with E-state index in [1.165, 1.54) is 6.08 Å². The Morgan fingerprint density at radius 3 is 2.40 bits per heavy atom. The number of allylic oxidation sites excluding steroid dienone is 1. The summed E-state index contributed by atoms with van der Waals surface area (Å²) in [6.45, 7) is -0.0316. The highest BCUT2D eigenvalue weighted by molar-refractivity contribution is 6.45. The average molecular weight is 380 g/mol. The summed E-state index contributed by atoms with van der Waals surface area (Å²) >= 11 is 12.3. The molecule has 132 valence electrons. The molecule has 2 rings (SSSR count). The van der Waals surface area contributed by atoms with Gasteiger partial charge in [0.2, 0.25) is 0 Å². The molecule has 0 saturated heterocycles. The second kappa shape index (κ2) is 8.90. The number of aliphatic hydroxyl groups is 1. The monoisotopic (exact) mass is 379 g/mol. The van der Waals surface area contributed by atoms with Gasteiger partial charge in [-0.25, -0.2) is 0 Å². The summed E-state index contributed by atoms with van der Waals surface area (Å²) < 4.78 is 5.26.